The van der Waals surface area contributed by atoms with Gasteiger partial charge in [0.1, 0.15) is 0 Å². The average molecular weight is 165 g/mol. The molecule has 2 nitrogen and oxygen atoms in total. The van der Waals surface area contributed by atoms with Crippen LogP contribution in [0, 0.1) is 13.8 Å². The van der Waals surface area contributed by atoms with E-state index in [0.717, 1.165) is 23.6 Å². The molecular formula is C10H15NO. The van der Waals surface area contributed by atoms with Crippen LogP contribution in [0.2, 0.25) is 0 Å². The lowest BCUT2D eigenvalue weighted by molar-refractivity contribution is 0.393. The van der Waals surface area contributed by atoms with Crippen LogP contribution in [0.15, 0.2) is 6.07 Å². The normalized spacial score (nSPS) is 10.0. The fraction of sp³-hybridized carbons (Fsp3) is 0.500. The van der Waals surface area contributed by atoms with Gasteiger partial charge < -0.3 is 4.74 Å². The highest BCUT2D eigenvalue weighted by atomic mass is 16.5. The number of hydrogen-bond acceptors (Lipinski definition) is 2. The van der Waals surface area contributed by atoms with Gasteiger partial charge in [-0.2, -0.15) is 0 Å². The smallest absolute Gasteiger partial charge is 0.216 e. The average Bonchev–Trinajstić information content (AvgIpc) is 2.08. The summed E-state index contributed by atoms with van der Waals surface area (Å²) in [5.41, 5.74) is 3.48. The van der Waals surface area contributed by atoms with E-state index in [4.69, 9.17) is 4.74 Å². The fourth-order valence-electron chi connectivity index (χ4n) is 1.30. The Balaban J connectivity index is 3.16. The summed E-state index contributed by atoms with van der Waals surface area (Å²) >= 11 is 0. The van der Waals surface area contributed by atoms with Crippen molar-refractivity contribution in [3.8, 4) is 5.88 Å². The topological polar surface area (TPSA) is 22.1 Å². The predicted octanol–water partition coefficient (Wildman–Crippen LogP) is 2.27. The molecule has 1 heterocycles. The van der Waals surface area contributed by atoms with Crippen LogP contribution in [0.1, 0.15) is 23.7 Å². The van der Waals surface area contributed by atoms with Crippen molar-refractivity contribution in [2.75, 3.05) is 7.11 Å². The standard InChI is InChI=1S/C10H15NO/c1-5-9-6-7(2)10(12-4)11-8(9)3/h6H,5H2,1-4H3. The van der Waals surface area contributed by atoms with E-state index in [1.807, 2.05) is 13.8 Å². The number of rotatable bonds is 2. The van der Waals surface area contributed by atoms with Crippen LogP contribution < -0.4 is 4.74 Å². The second kappa shape index (κ2) is 3.57. The van der Waals surface area contributed by atoms with Crippen molar-refractivity contribution in [3.05, 3.63) is 22.9 Å². The molecule has 1 aromatic heterocycles. The van der Waals surface area contributed by atoms with Crippen LogP contribution in [0.4, 0.5) is 0 Å². The van der Waals surface area contributed by atoms with Crippen LogP contribution in [0.3, 0.4) is 0 Å². The number of hydrogen-bond donors (Lipinski definition) is 0. The van der Waals surface area contributed by atoms with E-state index >= 15 is 0 Å². The van der Waals surface area contributed by atoms with E-state index in [9.17, 15) is 0 Å². The highest BCUT2D eigenvalue weighted by Gasteiger charge is 2.03. The van der Waals surface area contributed by atoms with Gasteiger partial charge in [-0.1, -0.05) is 6.92 Å². The maximum atomic E-state index is 5.11. The lowest BCUT2D eigenvalue weighted by Gasteiger charge is -2.07. The molecule has 66 valence electrons. The lowest BCUT2D eigenvalue weighted by Crippen LogP contribution is -1.97. The highest BCUT2D eigenvalue weighted by molar-refractivity contribution is 5.32. The Bertz CT molecular complexity index is 252. The molecule has 0 amide bonds. The first-order valence-electron chi connectivity index (χ1n) is 4.20. The van der Waals surface area contributed by atoms with Crippen molar-refractivity contribution >= 4 is 0 Å². The molecule has 0 bridgehead atoms. The number of methoxy groups -OCH3 is 1. The molecule has 0 saturated heterocycles. The van der Waals surface area contributed by atoms with Gasteiger partial charge in [0.05, 0.1) is 7.11 Å². The Hall–Kier alpha value is -1.05. The molecule has 0 aliphatic rings. The molecule has 0 aromatic carbocycles. The monoisotopic (exact) mass is 165 g/mol. The number of pyridine rings is 1. The Morgan fingerprint density at radius 2 is 2.08 bits per heavy atom. The molecular weight excluding hydrogens is 150 g/mol. The van der Waals surface area contributed by atoms with Gasteiger partial charge in [0.2, 0.25) is 5.88 Å². The van der Waals surface area contributed by atoms with Gasteiger partial charge in [-0.3, -0.25) is 0 Å². The summed E-state index contributed by atoms with van der Waals surface area (Å²) < 4.78 is 5.11. The molecule has 1 rings (SSSR count). The quantitative estimate of drug-likeness (QED) is 0.670. The molecule has 0 radical (unpaired) electrons. The van der Waals surface area contributed by atoms with E-state index in [1.54, 1.807) is 7.11 Å². The minimum atomic E-state index is 0.740. The second-order valence-corrected chi connectivity index (χ2v) is 2.91. The van der Waals surface area contributed by atoms with Crippen LogP contribution in [-0.4, -0.2) is 12.1 Å². The summed E-state index contributed by atoms with van der Waals surface area (Å²) in [5, 5.41) is 0. The molecule has 0 aliphatic heterocycles. The maximum absolute atomic E-state index is 5.11. The van der Waals surface area contributed by atoms with E-state index in [0.29, 0.717) is 0 Å². The number of ether oxygens (including phenoxy) is 1. The van der Waals surface area contributed by atoms with Gasteiger partial charge in [-0.05, 0) is 31.9 Å². The van der Waals surface area contributed by atoms with Crippen molar-refractivity contribution in [2.45, 2.75) is 27.2 Å². The van der Waals surface area contributed by atoms with Gasteiger partial charge in [0, 0.05) is 11.3 Å². The molecule has 1 aromatic rings. The Morgan fingerprint density at radius 3 is 2.58 bits per heavy atom. The van der Waals surface area contributed by atoms with Gasteiger partial charge in [0.15, 0.2) is 0 Å². The second-order valence-electron chi connectivity index (χ2n) is 2.91. The molecule has 0 unspecified atom stereocenters. The van der Waals surface area contributed by atoms with Crippen LogP contribution in [-0.2, 0) is 6.42 Å². The minimum absolute atomic E-state index is 0.740. The maximum Gasteiger partial charge on any atom is 0.216 e. The van der Waals surface area contributed by atoms with Crippen LogP contribution >= 0.6 is 0 Å². The Morgan fingerprint density at radius 1 is 1.42 bits per heavy atom. The SMILES string of the molecule is CCc1cc(C)c(OC)nc1C. The van der Waals surface area contributed by atoms with E-state index in [-0.39, 0.29) is 0 Å². The van der Waals surface area contributed by atoms with Crippen molar-refractivity contribution in [1.29, 1.82) is 0 Å². The van der Waals surface area contributed by atoms with Crippen molar-refractivity contribution in [2.24, 2.45) is 0 Å². The summed E-state index contributed by atoms with van der Waals surface area (Å²) in [5.74, 6) is 0.740. The number of aromatic nitrogens is 1. The zero-order valence-electron chi connectivity index (χ0n) is 8.14. The highest BCUT2D eigenvalue weighted by Crippen LogP contribution is 2.18. The first kappa shape index (κ1) is 9.04. The Labute approximate surface area is 73.6 Å². The van der Waals surface area contributed by atoms with Crippen molar-refractivity contribution in [1.82, 2.24) is 4.98 Å². The summed E-state index contributed by atoms with van der Waals surface area (Å²) in [6, 6.07) is 2.14. The third-order valence-corrected chi connectivity index (χ3v) is 2.04. The van der Waals surface area contributed by atoms with Gasteiger partial charge in [-0.25, -0.2) is 4.98 Å². The van der Waals surface area contributed by atoms with Gasteiger partial charge in [-0.15, -0.1) is 0 Å². The first-order valence-corrected chi connectivity index (χ1v) is 4.20. The molecule has 12 heavy (non-hydrogen) atoms. The van der Waals surface area contributed by atoms with Crippen molar-refractivity contribution in [3.63, 3.8) is 0 Å². The van der Waals surface area contributed by atoms with E-state index in [2.05, 4.69) is 18.0 Å². The minimum Gasteiger partial charge on any atom is -0.481 e. The molecule has 0 fully saturated rings. The summed E-state index contributed by atoms with van der Waals surface area (Å²) in [4.78, 5) is 4.34. The molecule has 0 N–H and O–H groups in total. The van der Waals surface area contributed by atoms with Gasteiger partial charge >= 0.3 is 0 Å². The molecule has 0 spiro atoms. The number of nitrogens with zero attached hydrogens (tertiary/aromatic N) is 1. The molecule has 0 atom stereocenters. The number of aryl methyl sites for hydroxylation is 3. The fourth-order valence-corrected chi connectivity index (χ4v) is 1.30. The Kier molecular flexibility index (Phi) is 2.69. The predicted molar refractivity (Wildman–Crippen MR) is 49.6 cm³/mol. The van der Waals surface area contributed by atoms with Crippen LogP contribution in [0.5, 0.6) is 5.88 Å². The third-order valence-electron chi connectivity index (χ3n) is 2.04. The van der Waals surface area contributed by atoms with E-state index < -0.39 is 0 Å². The molecule has 2 heteroatoms. The summed E-state index contributed by atoms with van der Waals surface area (Å²) in [7, 11) is 1.65. The molecule has 0 aliphatic carbocycles. The largest absolute Gasteiger partial charge is 0.481 e. The lowest BCUT2D eigenvalue weighted by atomic mass is 10.1. The van der Waals surface area contributed by atoms with Crippen LogP contribution in [0.25, 0.3) is 0 Å². The van der Waals surface area contributed by atoms with E-state index in [1.165, 1.54) is 5.56 Å². The van der Waals surface area contributed by atoms with Crippen molar-refractivity contribution < 1.29 is 4.74 Å². The zero-order chi connectivity index (χ0) is 9.14. The first-order chi connectivity index (χ1) is 5.69. The van der Waals surface area contributed by atoms with Gasteiger partial charge in [0.25, 0.3) is 0 Å². The summed E-state index contributed by atoms with van der Waals surface area (Å²) in [6.45, 7) is 6.17. The summed E-state index contributed by atoms with van der Waals surface area (Å²) in [6.07, 6.45) is 1.03. The zero-order valence-corrected chi connectivity index (χ0v) is 8.14. The molecule has 0 saturated carbocycles. The third kappa shape index (κ3) is 1.58.